The molecular formula is C21H22N2O4. The maximum atomic E-state index is 12.7. The molecule has 2 amide bonds. The first-order chi connectivity index (χ1) is 13.1. The molecule has 2 aromatic carbocycles. The van der Waals surface area contributed by atoms with Crippen molar-refractivity contribution in [3.63, 3.8) is 0 Å². The highest BCUT2D eigenvalue weighted by Gasteiger charge is 2.34. The van der Waals surface area contributed by atoms with E-state index in [2.05, 4.69) is 10.6 Å². The number of para-hydroxylation sites is 1. The van der Waals surface area contributed by atoms with Crippen molar-refractivity contribution in [2.24, 2.45) is 5.92 Å². The predicted molar refractivity (Wildman–Crippen MR) is 102 cm³/mol. The molecule has 140 valence electrons. The van der Waals surface area contributed by atoms with Gasteiger partial charge in [0.2, 0.25) is 5.91 Å². The van der Waals surface area contributed by atoms with Gasteiger partial charge in [0.25, 0.3) is 5.91 Å². The summed E-state index contributed by atoms with van der Waals surface area (Å²) in [7, 11) is 1.64. The van der Waals surface area contributed by atoms with Gasteiger partial charge >= 0.3 is 0 Å². The van der Waals surface area contributed by atoms with Crippen LogP contribution in [-0.2, 0) is 9.59 Å². The van der Waals surface area contributed by atoms with Crippen molar-refractivity contribution in [2.45, 2.75) is 25.2 Å². The van der Waals surface area contributed by atoms with Gasteiger partial charge in [-0.25, -0.2) is 0 Å². The molecule has 2 N–H and O–H groups in total. The summed E-state index contributed by atoms with van der Waals surface area (Å²) in [6, 6.07) is 13.3. The minimum atomic E-state index is -0.195. The smallest absolute Gasteiger partial charge is 0.262 e. The first-order valence-corrected chi connectivity index (χ1v) is 9.13. The normalized spacial score (nSPS) is 16.6. The Morgan fingerprint density at radius 3 is 2.74 bits per heavy atom. The van der Waals surface area contributed by atoms with Crippen LogP contribution < -0.4 is 20.1 Å². The number of benzene rings is 2. The number of methoxy groups -OCH3 is 1. The van der Waals surface area contributed by atoms with E-state index in [4.69, 9.17) is 9.47 Å². The zero-order valence-corrected chi connectivity index (χ0v) is 15.2. The molecule has 0 spiro atoms. The third kappa shape index (κ3) is 3.89. The van der Waals surface area contributed by atoms with E-state index < -0.39 is 0 Å². The van der Waals surface area contributed by atoms with E-state index in [-0.39, 0.29) is 24.3 Å². The second-order valence-corrected chi connectivity index (χ2v) is 6.99. The summed E-state index contributed by atoms with van der Waals surface area (Å²) in [5.41, 5.74) is 2.33. The van der Waals surface area contributed by atoms with E-state index in [0.717, 1.165) is 24.2 Å². The van der Waals surface area contributed by atoms with Gasteiger partial charge < -0.3 is 20.1 Å². The van der Waals surface area contributed by atoms with Crippen molar-refractivity contribution in [3.05, 3.63) is 48.0 Å². The Bertz CT molecular complexity index is 859. The Labute approximate surface area is 157 Å². The van der Waals surface area contributed by atoms with Crippen LogP contribution in [0.1, 0.15) is 30.7 Å². The Kier molecular flexibility index (Phi) is 4.71. The molecule has 1 aliphatic carbocycles. The fourth-order valence-corrected chi connectivity index (χ4v) is 3.52. The number of rotatable bonds is 6. The first-order valence-electron chi connectivity index (χ1n) is 9.13. The minimum absolute atomic E-state index is 0.0452. The lowest BCUT2D eigenvalue weighted by Gasteiger charge is -2.22. The third-order valence-electron chi connectivity index (χ3n) is 5.05. The van der Waals surface area contributed by atoms with Gasteiger partial charge in [-0.3, -0.25) is 9.59 Å². The van der Waals surface area contributed by atoms with Gasteiger partial charge in [-0.15, -0.1) is 0 Å². The van der Waals surface area contributed by atoms with Crippen molar-refractivity contribution in [2.75, 3.05) is 24.4 Å². The second kappa shape index (κ2) is 7.31. The molecule has 1 unspecified atom stereocenters. The lowest BCUT2D eigenvalue weighted by atomic mass is 9.90. The monoisotopic (exact) mass is 366 g/mol. The van der Waals surface area contributed by atoms with Gasteiger partial charge in [-0.1, -0.05) is 18.2 Å². The number of nitrogens with one attached hydrogen (secondary N) is 2. The van der Waals surface area contributed by atoms with E-state index >= 15 is 0 Å². The zero-order chi connectivity index (χ0) is 18.8. The van der Waals surface area contributed by atoms with Crippen LogP contribution >= 0.6 is 0 Å². The Morgan fingerprint density at radius 2 is 2.04 bits per heavy atom. The molecule has 0 bridgehead atoms. The van der Waals surface area contributed by atoms with Crippen LogP contribution in [0.15, 0.2) is 42.5 Å². The topological polar surface area (TPSA) is 76.7 Å². The minimum Gasteiger partial charge on any atom is -0.497 e. The van der Waals surface area contributed by atoms with E-state index in [9.17, 15) is 9.59 Å². The molecule has 0 saturated heterocycles. The highest BCUT2D eigenvalue weighted by molar-refractivity contribution is 6.00. The molecule has 1 heterocycles. The largest absolute Gasteiger partial charge is 0.497 e. The number of anilines is 2. The predicted octanol–water partition coefficient (Wildman–Crippen LogP) is 3.55. The molecule has 4 rings (SSSR count). The SMILES string of the molecule is COc1ccc(C(CC(=O)Nc2cccc3c2OCC(=O)N3)C2CC2)cc1. The molecule has 2 aliphatic rings. The van der Waals surface area contributed by atoms with Gasteiger partial charge in [-0.05, 0) is 54.5 Å². The van der Waals surface area contributed by atoms with E-state index in [1.807, 2.05) is 24.3 Å². The number of amides is 2. The molecule has 1 aliphatic heterocycles. The molecule has 0 aromatic heterocycles. The van der Waals surface area contributed by atoms with Gasteiger partial charge in [0.05, 0.1) is 18.5 Å². The average molecular weight is 366 g/mol. The number of carbonyl (C=O) groups is 2. The molecule has 1 atom stereocenters. The summed E-state index contributed by atoms with van der Waals surface area (Å²) in [4.78, 5) is 24.2. The van der Waals surface area contributed by atoms with Gasteiger partial charge in [0.15, 0.2) is 12.4 Å². The molecule has 1 fully saturated rings. The average Bonchev–Trinajstić information content (AvgIpc) is 3.51. The number of hydrogen-bond acceptors (Lipinski definition) is 4. The first kappa shape index (κ1) is 17.4. The molecular weight excluding hydrogens is 344 g/mol. The van der Waals surface area contributed by atoms with Gasteiger partial charge in [0.1, 0.15) is 5.75 Å². The zero-order valence-electron chi connectivity index (χ0n) is 15.2. The van der Waals surface area contributed by atoms with E-state index in [0.29, 0.717) is 29.5 Å². The molecule has 1 saturated carbocycles. The van der Waals surface area contributed by atoms with E-state index in [1.54, 1.807) is 25.3 Å². The lowest BCUT2D eigenvalue weighted by Crippen LogP contribution is -2.26. The maximum absolute atomic E-state index is 12.7. The molecule has 6 heteroatoms. The number of ether oxygens (including phenoxy) is 2. The van der Waals surface area contributed by atoms with Crippen LogP contribution in [0, 0.1) is 5.92 Å². The van der Waals surface area contributed by atoms with Crippen LogP contribution in [0.3, 0.4) is 0 Å². The van der Waals surface area contributed by atoms with Crippen molar-refractivity contribution in [1.29, 1.82) is 0 Å². The van der Waals surface area contributed by atoms with Crippen LogP contribution in [0.25, 0.3) is 0 Å². The summed E-state index contributed by atoms with van der Waals surface area (Å²) >= 11 is 0. The third-order valence-corrected chi connectivity index (χ3v) is 5.05. The summed E-state index contributed by atoms with van der Waals surface area (Å²) in [6.45, 7) is -0.0452. The molecule has 27 heavy (non-hydrogen) atoms. The molecule has 2 aromatic rings. The molecule has 0 radical (unpaired) electrons. The van der Waals surface area contributed by atoms with Crippen molar-refractivity contribution >= 4 is 23.2 Å². The quantitative estimate of drug-likeness (QED) is 0.820. The summed E-state index contributed by atoms with van der Waals surface area (Å²) in [6.07, 6.45) is 2.72. The van der Waals surface area contributed by atoms with Gasteiger partial charge in [-0.2, -0.15) is 0 Å². The van der Waals surface area contributed by atoms with Crippen molar-refractivity contribution in [1.82, 2.24) is 0 Å². The number of fused-ring (bicyclic) bond motifs is 1. The highest BCUT2D eigenvalue weighted by atomic mass is 16.5. The van der Waals surface area contributed by atoms with E-state index in [1.165, 1.54) is 0 Å². The Balaban J connectivity index is 1.48. The standard InChI is InChI=1S/C21H22N2O4/c1-26-15-9-7-14(8-10-15)16(13-5-6-13)11-19(24)22-17-3-2-4-18-21(17)27-12-20(25)23-18/h2-4,7-10,13,16H,5-6,11-12H2,1H3,(H,22,24)(H,23,25). The fourth-order valence-electron chi connectivity index (χ4n) is 3.52. The van der Waals surface area contributed by atoms with Crippen LogP contribution in [0.2, 0.25) is 0 Å². The van der Waals surface area contributed by atoms with Gasteiger partial charge in [0, 0.05) is 6.42 Å². The highest BCUT2D eigenvalue weighted by Crippen LogP contribution is 2.45. The summed E-state index contributed by atoms with van der Waals surface area (Å²) < 4.78 is 10.7. The Hall–Kier alpha value is -3.02. The van der Waals surface area contributed by atoms with Crippen molar-refractivity contribution in [3.8, 4) is 11.5 Å². The van der Waals surface area contributed by atoms with Crippen LogP contribution in [0.4, 0.5) is 11.4 Å². The summed E-state index contributed by atoms with van der Waals surface area (Å²) in [5, 5.41) is 5.70. The number of carbonyl (C=O) groups excluding carboxylic acids is 2. The van der Waals surface area contributed by atoms with Crippen molar-refractivity contribution < 1.29 is 19.1 Å². The second-order valence-electron chi connectivity index (χ2n) is 6.99. The van der Waals surface area contributed by atoms with Crippen LogP contribution in [-0.4, -0.2) is 25.5 Å². The number of hydrogen-bond donors (Lipinski definition) is 2. The summed E-state index contributed by atoms with van der Waals surface area (Å²) in [5.74, 6) is 1.81. The van der Waals surface area contributed by atoms with Crippen LogP contribution in [0.5, 0.6) is 11.5 Å². The molecule has 6 nitrogen and oxygen atoms in total. The lowest BCUT2D eigenvalue weighted by molar-refractivity contribution is -0.118. The fraction of sp³-hybridized carbons (Fsp3) is 0.333. The Morgan fingerprint density at radius 1 is 1.26 bits per heavy atom. The maximum Gasteiger partial charge on any atom is 0.262 e.